The van der Waals surface area contributed by atoms with Crippen molar-refractivity contribution >= 4 is 81.9 Å². The number of likely N-dealkylation sites (N-methyl/N-ethyl adjacent to an activating group) is 1. The van der Waals surface area contributed by atoms with Gasteiger partial charge in [-0.05, 0) is 127 Å². The van der Waals surface area contributed by atoms with Crippen LogP contribution in [0.4, 0.5) is 4.79 Å². The Morgan fingerprint density at radius 1 is 0.629 bits per heavy atom. The monoisotopic (exact) mass is 1250 g/mol. The van der Waals surface area contributed by atoms with Crippen molar-refractivity contribution in [2.24, 2.45) is 23.1 Å². The first-order valence-electron chi connectivity index (χ1n) is 29.5. The predicted molar refractivity (Wildman–Crippen MR) is 335 cm³/mol. The summed E-state index contributed by atoms with van der Waals surface area (Å²) in [7, 11) is 1.40. The summed E-state index contributed by atoms with van der Waals surface area (Å²) in [5, 5.41) is 39.0. The number of imide groups is 1. The summed E-state index contributed by atoms with van der Waals surface area (Å²) < 4.78 is 0. The van der Waals surface area contributed by atoms with Crippen LogP contribution in [-0.2, 0) is 68.8 Å². The number of amides is 10. The maximum atomic E-state index is 15.2. The number of aliphatic hydroxyl groups excluding tert-OH is 1. The Bertz CT molecular complexity index is 3190. The lowest BCUT2D eigenvalue weighted by molar-refractivity contribution is -0.152. The van der Waals surface area contributed by atoms with E-state index in [0.29, 0.717) is 33.0 Å². The minimum Gasteiger partial charge on any atom is -0.508 e. The summed E-state index contributed by atoms with van der Waals surface area (Å²) >= 11 is 6.20. The number of aromatic hydroxyl groups is 1. The molecule has 4 aromatic carbocycles. The fourth-order valence-corrected chi connectivity index (χ4v) is 10.0. The van der Waals surface area contributed by atoms with Gasteiger partial charge in [0, 0.05) is 57.2 Å². The molecule has 14 N–H and O–H groups in total. The van der Waals surface area contributed by atoms with Crippen LogP contribution in [-0.4, -0.2) is 160 Å². The molecular formula is C64H82ClN12O12. The smallest absolute Gasteiger partial charge is 0.312 e. The Hall–Kier alpha value is -8.84. The number of unbranched alkanes of at least 4 members (excludes halogenated alkanes) is 2. The maximum Gasteiger partial charge on any atom is 0.312 e. The minimum atomic E-state index is -1.98. The molecule has 8 atom stereocenters. The van der Waals surface area contributed by atoms with Gasteiger partial charge in [0.15, 0.2) is 0 Å². The largest absolute Gasteiger partial charge is 0.508 e. The van der Waals surface area contributed by atoms with Crippen LogP contribution in [0.2, 0.25) is 5.02 Å². The van der Waals surface area contributed by atoms with Crippen LogP contribution in [0.1, 0.15) is 88.0 Å². The number of nitrogens with zero attached hydrogens (tertiary/aromatic N) is 3. The summed E-state index contributed by atoms with van der Waals surface area (Å²) in [5.74, 6) is -7.57. The molecule has 89 heavy (non-hydrogen) atoms. The maximum absolute atomic E-state index is 15.2. The molecule has 5 aromatic rings. The minimum absolute atomic E-state index is 0.0328. The molecule has 1 heterocycles. The van der Waals surface area contributed by atoms with Crippen molar-refractivity contribution in [3.63, 3.8) is 0 Å². The lowest BCUT2D eigenvalue weighted by Gasteiger charge is -2.34. The van der Waals surface area contributed by atoms with Crippen molar-refractivity contribution in [1.29, 1.82) is 0 Å². The number of urea groups is 1. The number of phenols is 1. The topological polar surface area (TPSA) is 381 Å². The number of primary amides is 1. The second kappa shape index (κ2) is 35.8. The molecule has 0 aliphatic heterocycles. The lowest BCUT2D eigenvalue weighted by atomic mass is 9.98. The molecule has 1 aromatic heterocycles. The highest BCUT2D eigenvalue weighted by atomic mass is 35.5. The number of aromatic nitrogens is 1. The van der Waals surface area contributed by atoms with Crippen LogP contribution in [0.25, 0.3) is 10.8 Å². The van der Waals surface area contributed by atoms with Gasteiger partial charge in [-0.15, -0.1) is 0 Å². The summed E-state index contributed by atoms with van der Waals surface area (Å²) in [6.07, 6.45) is 5.03. The van der Waals surface area contributed by atoms with E-state index in [4.69, 9.17) is 28.8 Å². The van der Waals surface area contributed by atoms with Crippen LogP contribution in [0, 0.1) is 5.92 Å². The third-order valence-electron chi connectivity index (χ3n) is 14.8. The summed E-state index contributed by atoms with van der Waals surface area (Å²) in [5.41, 5.74) is 19.9. The van der Waals surface area contributed by atoms with E-state index in [0.717, 1.165) is 16.3 Å². The molecular weight excluding hydrogens is 1160 g/mol. The van der Waals surface area contributed by atoms with Gasteiger partial charge in [0.05, 0.1) is 12.6 Å². The van der Waals surface area contributed by atoms with Crippen molar-refractivity contribution in [2.75, 3.05) is 26.7 Å². The fourth-order valence-electron chi connectivity index (χ4n) is 9.89. The number of phenolic OH excluding ortho intramolecular Hbond substituents is 1. The zero-order valence-electron chi connectivity index (χ0n) is 50.5. The first kappa shape index (κ1) is 70.9. The normalized spacial score (nSPS) is 13.9. The molecule has 10 amide bonds. The van der Waals surface area contributed by atoms with Crippen LogP contribution in [0.5, 0.6) is 5.75 Å². The molecule has 24 nitrogen and oxygen atoms in total. The van der Waals surface area contributed by atoms with Crippen molar-refractivity contribution in [2.45, 2.75) is 140 Å². The van der Waals surface area contributed by atoms with Gasteiger partial charge in [-0.2, -0.15) is 0 Å². The van der Waals surface area contributed by atoms with Gasteiger partial charge in [0.2, 0.25) is 41.7 Å². The number of hydrogen-bond acceptors (Lipinski definition) is 15. The number of benzene rings is 4. The van der Waals surface area contributed by atoms with Crippen LogP contribution in [0.15, 0.2) is 116 Å². The summed E-state index contributed by atoms with van der Waals surface area (Å²) in [6.45, 7) is 3.83. The molecule has 0 unspecified atom stereocenters. The molecule has 25 heteroatoms. The molecule has 0 bridgehead atoms. The Morgan fingerprint density at radius 3 is 1.80 bits per heavy atom. The van der Waals surface area contributed by atoms with E-state index in [-0.39, 0.29) is 89.0 Å². The van der Waals surface area contributed by atoms with Crippen LogP contribution in [0.3, 0.4) is 0 Å². The number of carbonyl (C=O) groups is 9. The predicted octanol–water partition coefficient (Wildman–Crippen LogP) is 2.30. The van der Waals surface area contributed by atoms with E-state index < -0.39 is 108 Å². The first-order valence-corrected chi connectivity index (χ1v) is 29.9. The second-order valence-electron chi connectivity index (χ2n) is 22.3. The third-order valence-corrected chi connectivity index (χ3v) is 15.1. The molecule has 0 aliphatic carbocycles. The number of nitrogens with one attached hydrogen (secondary N) is 6. The van der Waals surface area contributed by atoms with Crippen molar-refractivity contribution in [3.05, 3.63) is 143 Å². The Kier molecular flexibility index (Phi) is 28.6. The molecule has 1 radical (unpaired) electrons. The van der Waals surface area contributed by atoms with Gasteiger partial charge in [-0.25, -0.2) is 4.79 Å². The molecule has 5 rings (SSSR count). The van der Waals surface area contributed by atoms with Crippen LogP contribution < -0.4 is 49.1 Å². The zero-order valence-corrected chi connectivity index (χ0v) is 51.2. The highest BCUT2D eigenvalue weighted by Gasteiger charge is 2.41. The van der Waals surface area contributed by atoms with E-state index in [9.17, 15) is 48.6 Å². The van der Waals surface area contributed by atoms with E-state index in [1.54, 1.807) is 68.7 Å². The van der Waals surface area contributed by atoms with Gasteiger partial charge in [0.25, 0.3) is 11.8 Å². The van der Waals surface area contributed by atoms with Crippen molar-refractivity contribution in [3.8, 4) is 5.75 Å². The highest BCUT2D eigenvalue weighted by molar-refractivity contribution is 6.30. The van der Waals surface area contributed by atoms with E-state index >= 15 is 9.59 Å². The Balaban J connectivity index is 1.46. The molecule has 0 saturated heterocycles. The zero-order chi connectivity index (χ0) is 65.2. The van der Waals surface area contributed by atoms with Crippen LogP contribution >= 0.6 is 11.6 Å². The molecule has 477 valence electrons. The van der Waals surface area contributed by atoms with Gasteiger partial charge < -0.3 is 64.2 Å². The second-order valence-corrected chi connectivity index (χ2v) is 22.7. The molecule has 0 aliphatic rings. The number of nitrogens with two attached hydrogens (primary N) is 3. The number of aliphatic hydroxyl groups is 1. The summed E-state index contributed by atoms with van der Waals surface area (Å²) in [6, 6.07) is 16.4. The number of rotatable bonds is 35. The first-order chi connectivity index (χ1) is 42.5. The van der Waals surface area contributed by atoms with Gasteiger partial charge in [0.1, 0.15) is 48.0 Å². The van der Waals surface area contributed by atoms with E-state index in [1.165, 1.54) is 43.4 Å². The quantitative estimate of drug-likeness (QED) is 0.0259. The lowest BCUT2D eigenvalue weighted by Crippen LogP contribution is -2.63. The molecule has 0 saturated carbocycles. The Labute approximate surface area is 522 Å². The van der Waals surface area contributed by atoms with Gasteiger partial charge >= 0.3 is 6.03 Å². The summed E-state index contributed by atoms with van der Waals surface area (Å²) in [4.78, 5) is 146. The highest BCUT2D eigenvalue weighted by Crippen LogP contribution is 2.21. The standard InChI is InChI=1S/C64H82ClN12O12/c1-39(2)30-54(74-58(83)51(16-8-10-29-70-64(68)89)71-61(86)56(76(4)40(3)80)35-42-20-25-49(81)26-21-42)62(87)77(48(37-78)15-7-9-27-66)63(88)55(38-79)75-60(85)53(34-44-12-11-28-69-36-44)73-59(84)52(33-41-18-23-47(65)24-19-41)72-57(82)50(67)32-43-17-22-45-13-5-6-14-46(45)31-43/h5-6,11-14,17-26,28,31,36,39,48,50-56,79,81H,7-10,15-16,27,29-30,32-35,38,66-67H2,1-4H3,(H,71,86)(H,72,82)(H,73,84)(H,74,83)(H,75,85)(H3,68,70,89)/t48-,50-,51+,52-,53-,54-,55-,56-/m0/s1. The average Bonchev–Trinajstić information content (AvgIpc) is 2.91. The Morgan fingerprint density at radius 2 is 1.19 bits per heavy atom. The van der Waals surface area contributed by atoms with Crippen molar-refractivity contribution < 1.29 is 58.2 Å². The van der Waals surface area contributed by atoms with Gasteiger partial charge in [-0.1, -0.05) is 98.2 Å². The average molecular weight is 1250 g/mol. The van der Waals surface area contributed by atoms with Gasteiger partial charge in [-0.3, -0.25) is 53.0 Å². The van der Waals surface area contributed by atoms with E-state index in [2.05, 4.69) is 36.9 Å². The SMILES string of the molecule is CC(=O)N(C)[C@@H](Cc1ccc(O)cc1)C(=O)N[C@H](CCCCNC(N)=O)C(=O)N[C@@H](CC(C)C)C(=O)N(C(=O)[C@H](CO)NC(=O)[C@H](Cc1cccnc1)NC(=O)[C@H](Cc1ccc(Cl)cc1)NC(=O)[C@@H](N)Cc1ccc2ccccc2c1)[C@H]([C]=O)CCCCN. The third kappa shape index (κ3) is 22.7. The number of fused-ring (bicyclic) bond motifs is 1. The number of halogens is 1. The number of carbonyl (C=O) groups excluding carboxylic acids is 10. The molecule has 0 fully saturated rings. The fraction of sp³-hybridized carbons (Fsp3) is 0.422. The van der Waals surface area contributed by atoms with Crippen molar-refractivity contribution in [1.82, 2.24) is 46.7 Å². The van der Waals surface area contributed by atoms with E-state index in [1.807, 2.05) is 42.5 Å². The molecule has 0 spiro atoms. The number of hydrogen-bond donors (Lipinski definition) is 11. The number of pyridine rings is 1.